The first-order chi connectivity index (χ1) is 5.23. The second kappa shape index (κ2) is 1.47. The molecule has 3 fully saturated rings. The molecule has 1 heterocycles. The van der Waals surface area contributed by atoms with Gasteiger partial charge in [-0.05, 0) is 32.6 Å². The van der Waals surface area contributed by atoms with E-state index in [1.807, 2.05) is 0 Å². The number of fused-ring (bicyclic) bond motifs is 1. The maximum absolute atomic E-state index is 11.4. The van der Waals surface area contributed by atoms with Crippen LogP contribution in [0.2, 0.25) is 0 Å². The standard InChI is InChI=1S/C9H13NO/c1-9-5-4-7(9)8(11)10(9)6-2-3-6/h6-7H,2-5H2,1H3. The van der Waals surface area contributed by atoms with Crippen molar-refractivity contribution >= 4 is 5.91 Å². The van der Waals surface area contributed by atoms with Crippen molar-refractivity contribution < 1.29 is 4.79 Å². The molecule has 0 spiro atoms. The minimum atomic E-state index is 0.318. The zero-order chi connectivity index (χ0) is 7.64. The van der Waals surface area contributed by atoms with Crippen molar-refractivity contribution in [2.24, 2.45) is 5.92 Å². The van der Waals surface area contributed by atoms with Crippen LogP contribution in [0.5, 0.6) is 0 Å². The fourth-order valence-corrected chi connectivity index (χ4v) is 2.67. The Morgan fingerprint density at radius 3 is 2.55 bits per heavy atom. The van der Waals surface area contributed by atoms with Gasteiger partial charge in [-0.2, -0.15) is 0 Å². The van der Waals surface area contributed by atoms with Gasteiger partial charge in [-0.25, -0.2) is 0 Å². The van der Waals surface area contributed by atoms with E-state index in [-0.39, 0.29) is 0 Å². The van der Waals surface area contributed by atoms with E-state index in [2.05, 4.69) is 11.8 Å². The summed E-state index contributed by atoms with van der Waals surface area (Å²) in [6.45, 7) is 2.25. The van der Waals surface area contributed by atoms with E-state index in [1.54, 1.807) is 0 Å². The summed E-state index contributed by atoms with van der Waals surface area (Å²) in [6.07, 6.45) is 4.92. The van der Waals surface area contributed by atoms with Crippen LogP contribution < -0.4 is 0 Å². The van der Waals surface area contributed by atoms with Crippen LogP contribution in [0.15, 0.2) is 0 Å². The lowest BCUT2D eigenvalue weighted by Crippen LogP contribution is -2.75. The zero-order valence-electron chi connectivity index (χ0n) is 6.84. The Balaban J connectivity index is 1.88. The van der Waals surface area contributed by atoms with Gasteiger partial charge in [0, 0.05) is 6.04 Å². The molecule has 2 nitrogen and oxygen atoms in total. The van der Waals surface area contributed by atoms with Gasteiger partial charge < -0.3 is 4.90 Å². The van der Waals surface area contributed by atoms with Gasteiger partial charge in [0.1, 0.15) is 0 Å². The molecule has 2 saturated carbocycles. The Kier molecular flexibility index (Phi) is 0.809. The molecule has 2 atom stereocenters. The lowest BCUT2D eigenvalue weighted by atomic mass is 9.59. The predicted octanol–water partition coefficient (Wildman–Crippen LogP) is 1.16. The van der Waals surface area contributed by atoms with Crippen molar-refractivity contribution in [1.82, 2.24) is 4.90 Å². The van der Waals surface area contributed by atoms with Crippen molar-refractivity contribution in [1.29, 1.82) is 0 Å². The third kappa shape index (κ3) is 0.501. The third-order valence-corrected chi connectivity index (χ3v) is 3.69. The molecule has 0 N–H and O–H groups in total. The lowest BCUT2D eigenvalue weighted by molar-refractivity contribution is -0.189. The monoisotopic (exact) mass is 151 g/mol. The predicted molar refractivity (Wildman–Crippen MR) is 41.0 cm³/mol. The molecule has 1 saturated heterocycles. The summed E-state index contributed by atoms with van der Waals surface area (Å²) in [4.78, 5) is 13.6. The molecule has 3 rings (SSSR count). The third-order valence-electron chi connectivity index (χ3n) is 3.69. The zero-order valence-corrected chi connectivity index (χ0v) is 6.84. The van der Waals surface area contributed by atoms with Crippen molar-refractivity contribution in [3.05, 3.63) is 0 Å². The Hall–Kier alpha value is -0.530. The van der Waals surface area contributed by atoms with Gasteiger partial charge in [0.2, 0.25) is 5.91 Å². The molecule has 0 aromatic heterocycles. The van der Waals surface area contributed by atoms with Gasteiger partial charge >= 0.3 is 0 Å². The van der Waals surface area contributed by atoms with Gasteiger partial charge in [0.25, 0.3) is 0 Å². The normalized spacial score (nSPS) is 47.9. The molecule has 0 radical (unpaired) electrons. The molecular weight excluding hydrogens is 138 g/mol. The van der Waals surface area contributed by atoms with Crippen LogP contribution in [0.4, 0.5) is 0 Å². The summed E-state index contributed by atoms with van der Waals surface area (Å²) in [6, 6.07) is 0.643. The van der Waals surface area contributed by atoms with Gasteiger partial charge in [-0.15, -0.1) is 0 Å². The fraction of sp³-hybridized carbons (Fsp3) is 0.889. The van der Waals surface area contributed by atoms with E-state index in [0.717, 1.165) is 6.42 Å². The minimum Gasteiger partial charge on any atom is -0.333 e. The topological polar surface area (TPSA) is 20.3 Å². The number of rotatable bonds is 1. The van der Waals surface area contributed by atoms with Gasteiger partial charge in [0.05, 0.1) is 11.5 Å². The highest BCUT2D eigenvalue weighted by Crippen LogP contribution is 2.56. The average Bonchev–Trinajstić information content (AvgIpc) is 2.70. The number of β-lactam (4-membered cyclic amide) rings is 1. The van der Waals surface area contributed by atoms with Gasteiger partial charge in [-0.3, -0.25) is 4.79 Å². The minimum absolute atomic E-state index is 0.318. The van der Waals surface area contributed by atoms with Crippen molar-refractivity contribution in [2.75, 3.05) is 0 Å². The summed E-state index contributed by atoms with van der Waals surface area (Å²) < 4.78 is 0. The molecule has 0 aromatic carbocycles. The van der Waals surface area contributed by atoms with Crippen LogP contribution in [-0.4, -0.2) is 22.4 Å². The number of piperidine rings is 1. The van der Waals surface area contributed by atoms with Crippen LogP contribution in [0.25, 0.3) is 0 Å². The summed E-state index contributed by atoms with van der Waals surface area (Å²) in [5, 5.41) is 0. The molecule has 2 aliphatic carbocycles. The summed E-state index contributed by atoms with van der Waals surface area (Å²) in [7, 11) is 0. The molecule has 11 heavy (non-hydrogen) atoms. The number of carbonyl (C=O) groups is 1. The Labute approximate surface area is 66.6 Å². The fourth-order valence-electron chi connectivity index (χ4n) is 2.67. The van der Waals surface area contributed by atoms with Crippen molar-refractivity contribution in [2.45, 2.75) is 44.2 Å². The quantitative estimate of drug-likeness (QED) is 0.515. The first kappa shape index (κ1) is 6.04. The largest absolute Gasteiger partial charge is 0.333 e. The Bertz CT molecular complexity index is 234. The van der Waals surface area contributed by atoms with Crippen molar-refractivity contribution in [3.63, 3.8) is 0 Å². The van der Waals surface area contributed by atoms with Crippen LogP contribution in [0, 0.1) is 5.92 Å². The van der Waals surface area contributed by atoms with E-state index in [9.17, 15) is 4.79 Å². The molecule has 2 heteroatoms. The molecule has 1 aliphatic heterocycles. The Morgan fingerprint density at radius 1 is 1.45 bits per heavy atom. The highest BCUT2D eigenvalue weighted by atomic mass is 16.2. The Morgan fingerprint density at radius 2 is 2.18 bits per heavy atom. The van der Waals surface area contributed by atoms with E-state index in [0.29, 0.717) is 23.4 Å². The highest BCUT2D eigenvalue weighted by Gasteiger charge is 2.65. The molecule has 0 bridgehead atoms. The summed E-state index contributed by atoms with van der Waals surface area (Å²) in [5.41, 5.74) is 0.318. The van der Waals surface area contributed by atoms with Crippen molar-refractivity contribution in [3.8, 4) is 0 Å². The molecular formula is C9H13NO. The second-order valence-corrected chi connectivity index (χ2v) is 4.39. The first-order valence-electron chi connectivity index (χ1n) is 4.57. The number of likely N-dealkylation sites (tertiary alicyclic amines) is 1. The summed E-state index contributed by atoms with van der Waals surface area (Å²) in [5.74, 6) is 0.865. The van der Waals surface area contributed by atoms with Crippen LogP contribution in [-0.2, 0) is 4.79 Å². The summed E-state index contributed by atoms with van der Waals surface area (Å²) >= 11 is 0. The maximum Gasteiger partial charge on any atom is 0.228 e. The van der Waals surface area contributed by atoms with E-state index < -0.39 is 0 Å². The van der Waals surface area contributed by atoms with Gasteiger partial charge in [0.15, 0.2) is 0 Å². The van der Waals surface area contributed by atoms with E-state index in [4.69, 9.17) is 0 Å². The SMILES string of the molecule is CC12CCC1C(=O)N2C1CC1. The molecule has 60 valence electrons. The van der Waals surface area contributed by atoms with Crippen LogP contribution in [0.1, 0.15) is 32.6 Å². The maximum atomic E-state index is 11.4. The van der Waals surface area contributed by atoms with Crippen LogP contribution >= 0.6 is 0 Å². The number of carbonyl (C=O) groups excluding carboxylic acids is 1. The number of amides is 1. The smallest absolute Gasteiger partial charge is 0.228 e. The first-order valence-corrected chi connectivity index (χ1v) is 4.57. The lowest BCUT2D eigenvalue weighted by Gasteiger charge is -2.63. The highest BCUT2D eigenvalue weighted by molar-refractivity contribution is 5.90. The van der Waals surface area contributed by atoms with Gasteiger partial charge in [-0.1, -0.05) is 0 Å². The molecule has 2 unspecified atom stereocenters. The average molecular weight is 151 g/mol. The number of hydrogen-bond donors (Lipinski definition) is 0. The second-order valence-electron chi connectivity index (χ2n) is 4.39. The molecule has 1 amide bonds. The number of nitrogens with zero attached hydrogens (tertiary/aromatic N) is 1. The van der Waals surface area contributed by atoms with E-state index >= 15 is 0 Å². The number of hydrogen-bond acceptors (Lipinski definition) is 1. The molecule has 3 aliphatic rings. The van der Waals surface area contributed by atoms with E-state index in [1.165, 1.54) is 19.3 Å². The van der Waals surface area contributed by atoms with Crippen LogP contribution in [0.3, 0.4) is 0 Å². The molecule has 0 aromatic rings.